The zero-order valence-electron chi connectivity index (χ0n) is 12.4. The summed E-state index contributed by atoms with van der Waals surface area (Å²) >= 11 is 0. The summed E-state index contributed by atoms with van der Waals surface area (Å²) in [5.41, 5.74) is 0.0428. The highest BCUT2D eigenvalue weighted by atomic mass is 19.2. The van der Waals surface area contributed by atoms with Crippen LogP contribution in [0.3, 0.4) is 0 Å². The smallest absolute Gasteiger partial charge is 0.159 e. The molecule has 0 aromatic heterocycles. The molecule has 20 heavy (non-hydrogen) atoms. The van der Waals surface area contributed by atoms with Gasteiger partial charge in [0.15, 0.2) is 11.6 Å². The second kappa shape index (κ2) is 7.11. The molecule has 0 heterocycles. The number of benzene rings is 1. The van der Waals surface area contributed by atoms with Gasteiger partial charge in [-0.15, -0.1) is 0 Å². The van der Waals surface area contributed by atoms with Crippen molar-refractivity contribution in [3.63, 3.8) is 0 Å². The minimum atomic E-state index is -0.874. The fourth-order valence-electron chi connectivity index (χ4n) is 1.72. The van der Waals surface area contributed by atoms with Crippen molar-refractivity contribution < 1.29 is 18.6 Å². The Morgan fingerprint density at radius 3 is 2.45 bits per heavy atom. The Labute approximate surface area is 119 Å². The summed E-state index contributed by atoms with van der Waals surface area (Å²) in [6.07, 6.45) is -0.592. The number of rotatable bonds is 7. The van der Waals surface area contributed by atoms with Crippen LogP contribution in [0.25, 0.3) is 0 Å². The van der Waals surface area contributed by atoms with Crippen molar-refractivity contribution >= 4 is 0 Å². The summed E-state index contributed by atoms with van der Waals surface area (Å²) in [7, 11) is 0. The van der Waals surface area contributed by atoms with E-state index in [0.29, 0.717) is 12.1 Å². The molecule has 0 aliphatic rings. The van der Waals surface area contributed by atoms with E-state index in [2.05, 4.69) is 5.32 Å². The molecule has 1 aromatic carbocycles. The van der Waals surface area contributed by atoms with Crippen molar-refractivity contribution in [2.75, 3.05) is 13.2 Å². The molecule has 5 heteroatoms. The number of hydrogen-bond acceptors (Lipinski definition) is 3. The molecule has 0 amide bonds. The Morgan fingerprint density at radius 1 is 1.25 bits per heavy atom. The van der Waals surface area contributed by atoms with Crippen molar-refractivity contribution in [2.24, 2.45) is 0 Å². The Bertz CT molecular complexity index is 436. The van der Waals surface area contributed by atoms with Crippen LogP contribution in [0.2, 0.25) is 0 Å². The van der Waals surface area contributed by atoms with Gasteiger partial charge in [0.25, 0.3) is 0 Å². The standard InChI is InChI=1S/C15H23F2NO2/c1-10(2)20-9-12(19)8-18-15(3,4)11-5-6-13(16)14(17)7-11/h5-7,10,12,18-19H,8-9H2,1-4H3. The fraction of sp³-hybridized carbons (Fsp3) is 0.600. The number of nitrogens with one attached hydrogen (secondary N) is 1. The molecular weight excluding hydrogens is 264 g/mol. The molecule has 2 N–H and O–H groups in total. The predicted octanol–water partition coefficient (Wildman–Crippen LogP) is 2.58. The van der Waals surface area contributed by atoms with E-state index in [1.54, 1.807) is 0 Å². The second-order valence-electron chi connectivity index (χ2n) is 5.67. The SMILES string of the molecule is CC(C)OCC(O)CNC(C)(C)c1ccc(F)c(F)c1. The summed E-state index contributed by atoms with van der Waals surface area (Å²) < 4.78 is 31.5. The maximum absolute atomic E-state index is 13.2. The number of hydrogen-bond donors (Lipinski definition) is 2. The Kier molecular flexibility index (Phi) is 6.05. The van der Waals surface area contributed by atoms with Gasteiger partial charge in [-0.1, -0.05) is 6.07 Å². The maximum atomic E-state index is 13.2. The van der Waals surface area contributed by atoms with Gasteiger partial charge in [-0.25, -0.2) is 8.78 Å². The van der Waals surface area contributed by atoms with E-state index in [9.17, 15) is 13.9 Å². The largest absolute Gasteiger partial charge is 0.389 e. The Balaban J connectivity index is 2.58. The topological polar surface area (TPSA) is 41.5 Å². The van der Waals surface area contributed by atoms with E-state index in [1.165, 1.54) is 12.1 Å². The van der Waals surface area contributed by atoms with Crippen molar-refractivity contribution in [2.45, 2.75) is 45.4 Å². The van der Waals surface area contributed by atoms with Gasteiger partial charge in [-0.05, 0) is 45.4 Å². The van der Waals surface area contributed by atoms with E-state index < -0.39 is 23.3 Å². The van der Waals surface area contributed by atoms with E-state index in [4.69, 9.17) is 4.74 Å². The first-order chi connectivity index (χ1) is 9.22. The molecule has 0 saturated carbocycles. The third-order valence-electron chi connectivity index (χ3n) is 3.04. The molecule has 1 rings (SSSR count). The summed E-state index contributed by atoms with van der Waals surface area (Å²) in [5.74, 6) is -1.74. The average molecular weight is 287 g/mol. The van der Waals surface area contributed by atoms with Crippen LogP contribution >= 0.6 is 0 Å². The Hall–Kier alpha value is -1.04. The molecule has 1 unspecified atom stereocenters. The van der Waals surface area contributed by atoms with Gasteiger partial charge in [-0.2, -0.15) is 0 Å². The van der Waals surface area contributed by atoms with Gasteiger partial charge in [-0.3, -0.25) is 0 Å². The van der Waals surface area contributed by atoms with Crippen LogP contribution in [0.15, 0.2) is 18.2 Å². The van der Waals surface area contributed by atoms with E-state index in [1.807, 2.05) is 27.7 Å². The molecule has 0 bridgehead atoms. The molecule has 0 aliphatic heterocycles. The van der Waals surface area contributed by atoms with E-state index in [0.717, 1.165) is 6.07 Å². The lowest BCUT2D eigenvalue weighted by molar-refractivity contribution is 0.00394. The third kappa shape index (κ3) is 5.15. The van der Waals surface area contributed by atoms with Crippen LogP contribution in [0.5, 0.6) is 0 Å². The summed E-state index contributed by atoms with van der Waals surface area (Å²) in [6, 6.07) is 3.80. The number of aliphatic hydroxyl groups excluding tert-OH is 1. The molecule has 0 spiro atoms. The first-order valence-electron chi connectivity index (χ1n) is 6.72. The minimum Gasteiger partial charge on any atom is -0.389 e. The summed E-state index contributed by atoms with van der Waals surface area (Å²) in [4.78, 5) is 0. The van der Waals surface area contributed by atoms with Crippen molar-refractivity contribution in [1.29, 1.82) is 0 Å². The fourth-order valence-corrected chi connectivity index (χ4v) is 1.72. The highest BCUT2D eigenvalue weighted by Gasteiger charge is 2.22. The number of ether oxygens (including phenoxy) is 1. The van der Waals surface area contributed by atoms with E-state index >= 15 is 0 Å². The second-order valence-corrected chi connectivity index (χ2v) is 5.67. The minimum absolute atomic E-state index is 0.0591. The highest BCUT2D eigenvalue weighted by Crippen LogP contribution is 2.21. The quantitative estimate of drug-likeness (QED) is 0.810. The highest BCUT2D eigenvalue weighted by molar-refractivity contribution is 5.24. The van der Waals surface area contributed by atoms with Crippen LogP contribution < -0.4 is 5.32 Å². The van der Waals surface area contributed by atoms with Crippen molar-refractivity contribution in [3.8, 4) is 0 Å². The van der Waals surface area contributed by atoms with Gasteiger partial charge >= 0.3 is 0 Å². The molecule has 0 aliphatic carbocycles. The number of aliphatic hydroxyl groups is 1. The zero-order chi connectivity index (χ0) is 15.3. The molecule has 0 radical (unpaired) electrons. The molecule has 114 valence electrons. The van der Waals surface area contributed by atoms with Gasteiger partial charge in [0.1, 0.15) is 0 Å². The van der Waals surface area contributed by atoms with E-state index in [-0.39, 0.29) is 12.7 Å². The van der Waals surface area contributed by atoms with Gasteiger partial charge < -0.3 is 15.2 Å². The molecule has 0 saturated heterocycles. The van der Waals surface area contributed by atoms with Gasteiger partial charge in [0.05, 0.1) is 18.8 Å². The Morgan fingerprint density at radius 2 is 1.90 bits per heavy atom. The van der Waals surface area contributed by atoms with Crippen molar-refractivity contribution in [1.82, 2.24) is 5.32 Å². The summed E-state index contributed by atoms with van der Waals surface area (Å²) in [6.45, 7) is 8.01. The van der Waals surface area contributed by atoms with Crippen LogP contribution in [0.1, 0.15) is 33.3 Å². The molecule has 1 atom stereocenters. The third-order valence-corrected chi connectivity index (χ3v) is 3.04. The summed E-state index contributed by atoms with van der Waals surface area (Å²) in [5, 5.41) is 12.9. The number of halogens is 2. The maximum Gasteiger partial charge on any atom is 0.159 e. The predicted molar refractivity (Wildman–Crippen MR) is 74.5 cm³/mol. The molecule has 3 nitrogen and oxygen atoms in total. The monoisotopic (exact) mass is 287 g/mol. The average Bonchev–Trinajstić information content (AvgIpc) is 2.37. The first kappa shape index (κ1) is 17.0. The van der Waals surface area contributed by atoms with Crippen molar-refractivity contribution in [3.05, 3.63) is 35.4 Å². The van der Waals surface area contributed by atoms with Gasteiger partial charge in [0.2, 0.25) is 0 Å². The van der Waals surface area contributed by atoms with Crippen LogP contribution in [0.4, 0.5) is 8.78 Å². The lowest BCUT2D eigenvalue weighted by atomic mass is 9.94. The molecular formula is C15H23F2NO2. The lowest BCUT2D eigenvalue weighted by Gasteiger charge is -2.28. The van der Waals surface area contributed by atoms with Crippen LogP contribution in [-0.4, -0.2) is 30.5 Å². The van der Waals surface area contributed by atoms with Crippen LogP contribution in [-0.2, 0) is 10.3 Å². The molecule has 1 aromatic rings. The lowest BCUT2D eigenvalue weighted by Crippen LogP contribution is -2.42. The first-order valence-corrected chi connectivity index (χ1v) is 6.72. The van der Waals surface area contributed by atoms with Gasteiger partial charge in [0, 0.05) is 12.1 Å². The normalized spacial score (nSPS) is 13.8. The molecule has 0 fully saturated rings. The van der Waals surface area contributed by atoms with Crippen LogP contribution in [0, 0.1) is 11.6 Å². The zero-order valence-corrected chi connectivity index (χ0v) is 12.4.